The lowest BCUT2D eigenvalue weighted by Gasteiger charge is -2.15. The largest absolute Gasteiger partial charge is 0.508 e. The van der Waals surface area contributed by atoms with Gasteiger partial charge in [0, 0.05) is 18.2 Å². The van der Waals surface area contributed by atoms with Gasteiger partial charge in [-0.05, 0) is 19.4 Å². The summed E-state index contributed by atoms with van der Waals surface area (Å²) in [6.45, 7) is 4.89. The molecule has 0 fully saturated rings. The number of para-hydroxylation sites is 1. The zero-order valence-electron chi connectivity index (χ0n) is 10.4. The number of rotatable bonds is 6. The molecule has 4 heteroatoms. The fourth-order valence-corrected chi connectivity index (χ4v) is 1.54. The lowest BCUT2D eigenvalue weighted by molar-refractivity contribution is -0.120. The third kappa shape index (κ3) is 4.44. The summed E-state index contributed by atoms with van der Waals surface area (Å²) in [6.07, 6.45) is 0.931. The molecule has 0 aliphatic rings. The van der Waals surface area contributed by atoms with Gasteiger partial charge in [-0.1, -0.05) is 25.1 Å². The average Bonchev–Trinajstić information content (AvgIpc) is 2.34. The molecule has 1 rings (SSSR count). The van der Waals surface area contributed by atoms with E-state index in [2.05, 4.69) is 10.6 Å². The Bertz CT molecular complexity index is 366. The quantitative estimate of drug-likeness (QED) is 0.702. The Morgan fingerprint density at radius 1 is 1.41 bits per heavy atom. The molecule has 1 unspecified atom stereocenters. The summed E-state index contributed by atoms with van der Waals surface area (Å²) in [5, 5.41) is 15.5. The molecule has 1 aromatic carbocycles. The first-order valence-electron chi connectivity index (χ1n) is 5.93. The first kappa shape index (κ1) is 13.5. The van der Waals surface area contributed by atoms with Crippen molar-refractivity contribution in [2.24, 2.45) is 0 Å². The van der Waals surface area contributed by atoms with Gasteiger partial charge in [0.1, 0.15) is 5.75 Å². The van der Waals surface area contributed by atoms with Crippen LogP contribution < -0.4 is 10.6 Å². The van der Waals surface area contributed by atoms with Crippen LogP contribution in [-0.2, 0) is 4.79 Å². The first-order valence-corrected chi connectivity index (χ1v) is 5.93. The van der Waals surface area contributed by atoms with Gasteiger partial charge in [0.15, 0.2) is 0 Å². The molecule has 0 bridgehead atoms. The maximum atomic E-state index is 11.4. The Balaban J connectivity index is 2.42. The zero-order valence-corrected chi connectivity index (χ0v) is 10.4. The van der Waals surface area contributed by atoms with E-state index in [1.54, 1.807) is 12.1 Å². The maximum Gasteiger partial charge on any atom is 0.233 e. The Hall–Kier alpha value is -1.55. The lowest BCUT2D eigenvalue weighted by Crippen LogP contribution is -2.35. The molecule has 3 N–H and O–H groups in total. The lowest BCUT2D eigenvalue weighted by atomic mass is 10.1. The van der Waals surface area contributed by atoms with Crippen LogP contribution in [0.2, 0.25) is 0 Å². The normalized spacial score (nSPS) is 12.1. The Morgan fingerprint density at radius 3 is 2.76 bits per heavy atom. The number of amides is 1. The van der Waals surface area contributed by atoms with Gasteiger partial charge in [-0.2, -0.15) is 0 Å². The summed E-state index contributed by atoms with van der Waals surface area (Å²) < 4.78 is 0. The molecular weight excluding hydrogens is 216 g/mol. The second-order valence-electron chi connectivity index (χ2n) is 4.01. The second-order valence-corrected chi connectivity index (χ2v) is 4.01. The number of aromatic hydroxyl groups is 1. The van der Waals surface area contributed by atoms with Crippen LogP contribution in [-0.4, -0.2) is 24.1 Å². The van der Waals surface area contributed by atoms with E-state index >= 15 is 0 Å². The molecule has 17 heavy (non-hydrogen) atoms. The summed E-state index contributed by atoms with van der Waals surface area (Å²) in [5.74, 6) is 0.232. The molecule has 0 aliphatic carbocycles. The second kappa shape index (κ2) is 6.91. The Morgan fingerprint density at radius 2 is 2.12 bits per heavy atom. The number of phenolic OH excluding ortho intramolecular Hbond substituents is 1. The first-order chi connectivity index (χ1) is 8.15. The number of hydrogen-bond acceptors (Lipinski definition) is 3. The van der Waals surface area contributed by atoms with Crippen LogP contribution >= 0.6 is 0 Å². The van der Waals surface area contributed by atoms with Crippen molar-refractivity contribution < 1.29 is 9.90 Å². The Kier molecular flexibility index (Phi) is 5.49. The molecule has 0 radical (unpaired) electrons. The SMILES string of the molecule is CCCNC(=O)CNC(C)c1ccccc1O. The van der Waals surface area contributed by atoms with Gasteiger partial charge in [-0.25, -0.2) is 0 Å². The minimum Gasteiger partial charge on any atom is -0.508 e. The molecule has 0 spiro atoms. The van der Waals surface area contributed by atoms with Crippen LogP contribution in [0.25, 0.3) is 0 Å². The van der Waals surface area contributed by atoms with Gasteiger partial charge in [0.05, 0.1) is 6.54 Å². The van der Waals surface area contributed by atoms with Crippen molar-refractivity contribution in [2.45, 2.75) is 26.3 Å². The van der Waals surface area contributed by atoms with Gasteiger partial charge in [-0.3, -0.25) is 4.79 Å². The highest BCUT2D eigenvalue weighted by atomic mass is 16.3. The molecule has 0 aliphatic heterocycles. The highest BCUT2D eigenvalue weighted by Gasteiger charge is 2.10. The highest BCUT2D eigenvalue weighted by molar-refractivity contribution is 5.78. The molecule has 1 amide bonds. The van der Waals surface area contributed by atoms with Gasteiger partial charge in [0.2, 0.25) is 5.91 Å². The van der Waals surface area contributed by atoms with Crippen molar-refractivity contribution in [2.75, 3.05) is 13.1 Å². The van der Waals surface area contributed by atoms with Gasteiger partial charge in [0.25, 0.3) is 0 Å². The molecule has 4 nitrogen and oxygen atoms in total. The minimum absolute atomic E-state index is 0.0193. The van der Waals surface area contributed by atoms with Crippen molar-refractivity contribution >= 4 is 5.91 Å². The molecule has 0 saturated heterocycles. The van der Waals surface area contributed by atoms with E-state index in [0.29, 0.717) is 6.54 Å². The van der Waals surface area contributed by atoms with Gasteiger partial charge in [-0.15, -0.1) is 0 Å². The predicted octanol–water partition coefficient (Wildman–Crippen LogP) is 1.57. The molecule has 0 aromatic heterocycles. The van der Waals surface area contributed by atoms with Crippen LogP contribution in [0.15, 0.2) is 24.3 Å². The monoisotopic (exact) mass is 236 g/mol. The number of phenols is 1. The minimum atomic E-state index is -0.0522. The number of carbonyl (C=O) groups is 1. The van der Waals surface area contributed by atoms with E-state index in [0.717, 1.165) is 12.0 Å². The van der Waals surface area contributed by atoms with E-state index in [1.807, 2.05) is 26.0 Å². The van der Waals surface area contributed by atoms with Crippen molar-refractivity contribution in [3.8, 4) is 5.75 Å². The molecule has 94 valence electrons. The van der Waals surface area contributed by atoms with Crippen LogP contribution in [0, 0.1) is 0 Å². The van der Waals surface area contributed by atoms with E-state index in [-0.39, 0.29) is 24.2 Å². The van der Waals surface area contributed by atoms with Crippen molar-refractivity contribution in [1.82, 2.24) is 10.6 Å². The summed E-state index contributed by atoms with van der Waals surface area (Å²) >= 11 is 0. The molecule has 0 saturated carbocycles. The van der Waals surface area contributed by atoms with E-state index < -0.39 is 0 Å². The van der Waals surface area contributed by atoms with Gasteiger partial charge >= 0.3 is 0 Å². The molecule has 1 atom stereocenters. The summed E-state index contributed by atoms with van der Waals surface area (Å²) in [5.41, 5.74) is 0.802. The average molecular weight is 236 g/mol. The molecule has 1 aromatic rings. The van der Waals surface area contributed by atoms with E-state index in [1.165, 1.54) is 0 Å². The van der Waals surface area contributed by atoms with E-state index in [9.17, 15) is 9.90 Å². The van der Waals surface area contributed by atoms with Crippen LogP contribution in [0.1, 0.15) is 31.9 Å². The molecular formula is C13H20N2O2. The third-order valence-corrected chi connectivity index (χ3v) is 2.54. The number of nitrogens with one attached hydrogen (secondary N) is 2. The van der Waals surface area contributed by atoms with Crippen LogP contribution in [0.3, 0.4) is 0 Å². The number of benzene rings is 1. The third-order valence-electron chi connectivity index (χ3n) is 2.54. The Labute approximate surface area is 102 Å². The standard InChI is InChI=1S/C13H20N2O2/c1-3-8-14-13(17)9-15-10(2)11-6-4-5-7-12(11)16/h4-7,10,15-16H,3,8-9H2,1-2H3,(H,14,17). The fraction of sp³-hybridized carbons (Fsp3) is 0.462. The topological polar surface area (TPSA) is 61.4 Å². The van der Waals surface area contributed by atoms with Crippen LogP contribution in [0.5, 0.6) is 5.75 Å². The van der Waals surface area contributed by atoms with Crippen molar-refractivity contribution in [3.63, 3.8) is 0 Å². The van der Waals surface area contributed by atoms with Gasteiger partial charge < -0.3 is 15.7 Å². The predicted molar refractivity (Wildman–Crippen MR) is 67.8 cm³/mol. The zero-order chi connectivity index (χ0) is 12.7. The fourth-order valence-electron chi connectivity index (χ4n) is 1.54. The van der Waals surface area contributed by atoms with E-state index in [4.69, 9.17) is 0 Å². The number of carbonyl (C=O) groups excluding carboxylic acids is 1. The van der Waals surface area contributed by atoms with Crippen LogP contribution in [0.4, 0.5) is 0 Å². The summed E-state index contributed by atoms with van der Waals surface area (Å²) in [6, 6.07) is 7.08. The number of hydrogen-bond donors (Lipinski definition) is 3. The summed E-state index contributed by atoms with van der Waals surface area (Å²) in [7, 11) is 0. The van der Waals surface area contributed by atoms with Crippen molar-refractivity contribution in [3.05, 3.63) is 29.8 Å². The molecule has 0 heterocycles. The maximum absolute atomic E-state index is 11.4. The van der Waals surface area contributed by atoms with Crippen molar-refractivity contribution in [1.29, 1.82) is 0 Å². The highest BCUT2D eigenvalue weighted by Crippen LogP contribution is 2.22. The smallest absolute Gasteiger partial charge is 0.233 e. The summed E-state index contributed by atoms with van der Waals surface area (Å²) in [4.78, 5) is 11.4.